The summed E-state index contributed by atoms with van der Waals surface area (Å²) in [7, 11) is 0. The Kier molecular flexibility index (Phi) is 5.26. The molecule has 0 radical (unpaired) electrons. The maximum Gasteiger partial charge on any atom is 0.251 e. The van der Waals surface area contributed by atoms with Gasteiger partial charge in [-0.15, -0.1) is 0 Å². The lowest BCUT2D eigenvalue weighted by molar-refractivity contribution is -0.130. The van der Waals surface area contributed by atoms with E-state index in [9.17, 15) is 9.59 Å². The number of carbonyl (C=O) groups excluding carboxylic acids is 2. The van der Waals surface area contributed by atoms with Gasteiger partial charge in [0, 0.05) is 18.7 Å². The molecule has 0 atom stereocenters. The molecule has 1 saturated heterocycles. The van der Waals surface area contributed by atoms with Crippen LogP contribution in [-0.4, -0.2) is 36.3 Å². The minimum atomic E-state index is -0.325. The molecular formula is C14H16Cl2N2O2. The van der Waals surface area contributed by atoms with Crippen LogP contribution in [0, 0.1) is 0 Å². The zero-order valence-electron chi connectivity index (χ0n) is 11.0. The molecule has 1 aromatic carbocycles. The van der Waals surface area contributed by atoms with Gasteiger partial charge in [-0.3, -0.25) is 9.59 Å². The number of amides is 2. The largest absolute Gasteiger partial charge is 0.343 e. The second-order valence-electron chi connectivity index (χ2n) is 4.75. The predicted octanol–water partition coefficient (Wildman–Crippen LogP) is 2.74. The fraction of sp³-hybridized carbons (Fsp3) is 0.429. The van der Waals surface area contributed by atoms with Gasteiger partial charge >= 0.3 is 0 Å². The maximum atomic E-state index is 11.9. The average Bonchev–Trinajstić information content (AvgIpc) is 2.48. The predicted molar refractivity (Wildman–Crippen MR) is 79.2 cm³/mol. The fourth-order valence-corrected chi connectivity index (χ4v) is 2.45. The van der Waals surface area contributed by atoms with Crippen LogP contribution in [0.25, 0.3) is 0 Å². The molecule has 0 saturated carbocycles. The quantitative estimate of drug-likeness (QED) is 0.932. The molecule has 1 fully saturated rings. The van der Waals surface area contributed by atoms with Gasteiger partial charge in [-0.2, -0.15) is 0 Å². The van der Waals surface area contributed by atoms with Crippen molar-refractivity contribution in [1.29, 1.82) is 0 Å². The number of halogens is 2. The Balaban J connectivity index is 1.88. The monoisotopic (exact) mass is 314 g/mol. The molecule has 1 N–H and O–H groups in total. The molecule has 1 aromatic rings. The number of benzene rings is 1. The molecule has 0 bridgehead atoms. The summed E-state index contributed by atoms with van der Waals surface area (Å²) >= 11 is 11.6. The van der Waals surface area contributed by atoms with E-state index < -0.39 is 0 Å². The van der Waals surface area contributed by atoms with Crippen molar-refractivity contribution in [3.05, 3.63) is 33.8 Å². The van der Waals surface area contributed by atoms with Gasteiger partial charge in [0.15, 0.2) is 0 Å². The van der Waals surface area contributed by atoms with Gasteiger partial charge in [0.05, 0.1) is 16.6 Å². The van der Waals surface area contributed by atoms with Crippen molar-refractivity contribution < 1.29 is 9.59 Å². The number of carbonyl (C=O) groups is 2. The molecular weight excluding hydrogens is 299 g/mol. The van der Waals surface area contributed by atoms with Crippen molar-refractivity contribution in [1.82, 2.24) is 10.2 Å². The molecule has 0 aliphatic carbocycles. The number of rotatable bonds is 3. The molecule has 108 valence electrons. The van der Waals surface area contributed by atoms with Gasteiger partial charge in [0.25, 0.3) is 5.91 Å². The minimum absolute atomic E-state index is 0.0130. The third kappa shape index (κ3) is 3.87. The second-order valence-corrected chi connectivity index (χ2v) is 5.57. The molecule has 1 aliphatic heterocycles. The number of nitrogens with zero attached hydrogens (tertiary/aromatic N) is 1. The van der Waals surface area contributed by atoms with Crippen LogP contribution in [0.3, 0.4) is 0 Å². The molecule has 1 aliphatic rings. The second kappa shape index (κ2) is 6.95. The Morgan fingerprint density at radius 3 is 2.45 bits per heavy atom. The van der Waals surface area contributed by atoms with Crippen molar-refractivity contribution in [2.24, 2.45) is 0 Å². The van der Waals surface area contributed by atoms with Crippen molar-refractivity contribution in [3.63, 3.8) is 0 Å². The Labute approximate surface area is 128 Å². The highest BCUT2D eigenvalue weighted by Gasteiger charge is 2.17. The summed E-state index contributed by atoms with van der Waals surface area (Å²) in [4.78, 5) is 25.6. The summed E-state index contributed by atoms with van der Waals surface area (Å²) in [6.45, 7) is 1.57. The van der Waals surface area contributed by atoms with Crippen LogP contribution in [0.4, 0.5) is 0 Å². The fourth-order valence-electron chi connectivity index (χ4n) is 2.15. The lowest BCUT2D eigenvalue weighted by atomic mass is 10.1. The van der Waals surface area contributed by atoms with Gasteiger partial charge < -0.3 is 10.2 Å². The van der Waals surface area contributed by atoms with Crippen LogP contribution in [0.5, 0.6) is 0 Å². The first-order valence-corrected chi connectivity index (χ1v) is 7.34. The van der Waals surface area contributed by atoms with E-state index in [0.29, 0.717) is 15.6 Å². The van der Waals surface area contributed by atoms with E-state index in [-0.39, 0.29) is 18.4 Å². The number of hydrogen-bond donors (Lipinski definition) is 1. The van der Waals surface area contributed by atoms with E-state index in [0.717, 1.165) is 25.9 Å². The van der Waals surface area contributed by atoms with Gasteiger partial charge in [0.2, 0.25) is 5.91 Å². The van der Waals surface area contributed by atoms with E-state index in [1.165, 1.54) is 12.5 Å². The van der Waals surface area contributed by atoms with Crippen LogP contribution < -0.4 is 5.32 Å². The third-order valence-corrected chi connectivity index (χ3v) is 4.03. The average molecular weight is 315 g/mol. The molecule has 0 unspecified atom stereocenters. The summed E-state index contributed by atoms with van der Waals surface area (Å²) in [5, 5.41) is 3.33. The van der Waals surface area contributed by atoms with E-state index in [4.69, 9.17) is 23.2 Å². The van der Waals surface area contributed by atoms with Gasteiger partial charge in [-0.25, -0.2) is 0 Å². The smallest absolute Gasteiger partial charge is 0.251 e. The van der Waals surface area contributed by atoms with E-state index >= 15 is 0 Å². The summed E-state index contributed by atoms with van der Waals surface area (Å²) in [5.41, 5.74) is 0.394. The molecule has 0 spiro atoms. The van der Waals surface area contributed by atoms with Crippen LogP contribution >= 0.6 is 23.2 Å². The zero-order valence-corrected chi connectivity index (χ0v) is 12.5. The molecule has 1 heterocycles. The lowest BCUT2D eigenvalue weighted by Gasteiger charge is -2.26. The highest BCUT2D eigenvalue weighted by atomic mass is 35.5. The number of likely N-dealkylation sites (tertiary alicyclic amines) is 1. The van der Waals surface area contributed by atoms with Crippen molar-refractivity contribution >= 4 is 35.0 Å². The topological polar surface area (TPSA) is 49.4 Å². The van der Waals surface area contributed by atoms with Gasteiger partial charge in [0.1, 0.15) is 0 Å². The van der Waals surface area contributed by atoms with Crippen LogP contribution in [0.15, 0.2) is 18.2 Å². The van der Waals surface area contributed by atoms with Crippen LogP contribution in [0.2, 0.25) is 10.0 Å². The molecule has 2 rings (SSSR count). The van der Waals surface area contributed by atoms with Crippen molar-refractivity contribution in [2.45, 2.75) is 19.3 Å². The van der Waals surface area contributed by atoms with Gasteiger partial charge in [-0.05, 0) is 37.5 Å². The van der Waals surface area contributed by atoms with E-state index in [2.05, 4.69) is 5.32 Å². The Morgan fingerprint density at radius 2 is 1.80 bits per heavy atom. The van der Waals surface area contributed by atoms with Gasteiger partial charge in [-0.1, -0.05) is 23.2 Å². The third-order valence-electron chi connectivity index (χ3n) is 3.29. The highest BCUT2D eigenvalue weighted by molar-refractivity contribution is 6.42. The normalized spacial score (nSPS) is 15.0. The summed E-state index contributed by atoms with van der Waals surface area (Å²) in [6.07, 6.45) is 3.23. The molecule has 4 nitrogen and oxygen atoms in total. The van der Waals surface area contributed by atoms with Crippen molar-refractivity contribution in [2.75, 3.05) is 19.6 Å². The summed E-state index contributed by atoms with van der Waals surface area (Å²) < 4.78 is 0. The van der Waals surface area contributed by atoms with Crippen LogP contribution in [-0.2, 0) is 4.79 Å². The van der Waals surface area contributed by atoms with E-state index in [1.807, 2.05) is 0 Å². The SMILES string of the molecule is O=C(NCC(=O)N1CCCCC1)c1ccc(Cl)c(Cl)c1. The van der Waals surface area contributed by atoms with Crippen LogP contribution in [0.1, 0.15) is 29.6 Å². The first kappa shape index (κ1) is 15.1. The molecule has 20 heavy (non-hydrogen) atoms. The lowest BCUT2D eigenvalue weighted by Crippen LogP contribution is -2.42. The Morgan fingerprint density at radius 1 is 1.10 bits per heavy atom. The Hall–Kier alpha value is -1.26. The van der Waals surface area contributed by atoms with Crippen molar-refractivity contribution in [3.8, 4) is 0 Å². The zero-order chi connectivity index (χ0) is 14.5. The summed E-state index contributed by atoms with van der Waals surface area (Å²) in [5.74, 6) is -0.368. The summed E-state index contributed by atoms with van der Waals surface area (Å²) in [6, 6.07) is 4.63. The van der Waals surface area contributed by atoms with E-state index in [1.54, 1.807) is 17.0 Å². The minimum Gasteiger partial charge on any atom is -0.343 e. The molecule has 2 amide bonds. The molecule has 6 heteroatoms. The highest BCUT2D eigenvalue weighted by Crippen LogP contribution is 2.22. The number of hydrogen-bond acceptors (Lipinski definition) is 2. The number of piperidine rings is 1. The first-order valence-electron chi connectivity index (χ1n) is 6.59. The standard InChI is InChI=1S/C14H16Cl2N2O2/c15-11-5-4-10(8-12(11)16)14(20)17-9-13(19)18-6-2-1-3-7-18/h4-5,8H,1-3,6-7,9H2,(H,17,20). The molecule has 0 aromatic heterocycles. The number of nitrogens with one attached hydrogen (secondary N) is 1. The maximum absolute atomic E-state index is 11.9. The Bertz CT molecular complexity index is 514. The first-order chi connectivity index (χ1) is 9.58.